The van der Waals surface area contributed by atoms with E-state index >= 15 is 0 Å². The van der Waals surface area contributed by atoms with E-state index in [-0.39, 0.29) is 0 Å². The maximum absolute atomic E-state index is 8.87. The van der Waals surface area contributed by atoms with Crippen LogP contribution in [0, 0.1) is 46.3 Å². The summed E-state index contributed by atoms with van der Waals surface area (Å²) in [5.74, 6) is 2.35. The SMILES string of the molecule is N#CC1CCC(C2CCC(C#N)CC2)CC1. The van der Waals surface area contributed by atoms with Crippen molar-refractivity contribution in [2.75, 3.05) is 0 Å². The molecule has 0 aromatic rings. The Kier molecular flexibility index (Phi) is 3.83. The van der Waals surface area contributed by atoms with Crippen LogP contribution in [0.1, 0.15) is 51.4 Å². The van der Waals surface area contributed by atoms with Crippen LogP contribution in [0.3, 0.4) is 0 Å². The van der Waals surface area contributed by atoms with Crippen molar-refractivity contribution in [1.82, 2.24) is 0 Å². The number of rotatable bonds is 1. The van der Waals surface area contributed by atoms with Gasteiger partial charge < -0.3 is 0 Å². The zero-order valence-electron chi connectivity index (χ0n) is 9.86. The molecule has 2 fully saturated rings. The van der Waals surface area contributed by atoms with Crippen LogP contribution < -0.4 is 0 Å². The maximum atomic E-state index is 8.87. The van der Waals surface area contributed by atoms with E-state index in [4.69, 9.17) is 10.5 Å². The molecule has 0 saturated heterocycles. The summed E-state index contributed by atoms with van der Waals surface area (Å²) in [6, 6.07) is 4.80. The van der Waals surface area contributed by atoms with Gasteiger partial charge in [-0.3, -0.25) is 0 Å². The molecule has 0 bridgehead atoms. The van der Waals surface area contributed by atoms with Gasteiger partial charge >= 0.3 is 0 Å². The molecule has 0 radical (unpaired) electrons. The summed E-state index contributed by atoms with van der Waals surface area (Å²) in [7, 11) is 0. The Hall–Kier alpha value is -1.02. The molecule has 0 atom stereocenters. The first-order valence-electron chi connectivity index (χ1n) is 6.62. The van der Waals surface area contributed by atoms with E-state index < -0.39 is 0 Å². The monoisotopic (exact) mass is 216 g/mol. The van der Waals surface area contributed by atoms with Crippen molar-refractivity contribution < 1.29 is 0 Å². The molecular formula is C14H20N2. The number of nitrogens with zero attached hydrogens (tertiary/aromatic N) is 2. The van der Waals surface area contributed by atoms with Gasteiger partial charge in [0, 0.05) is 11.8 Å². The van der Waals surface area contributed by atoms with Crippen molar-refractivity contribution in [2.24, 2.45) is 23.7 Å². The largest absolute Gasteiger partial charge is 0.198 e. The van der Waals surface area contributed by atoms with Crippen molar-refractivity contribution in [3.05, 3.63) is 0 Å². The van der Waals surface area contributed by atoms with Crippen molar-refractivity contribution in [1.29, 1.82) is 10.5 Å². The van der Waals surface area contributed by atoms with Crippen LogP contribution in [0.15, 0.2) is 0 Å². The number of hydrogen-bond donors (Lipinski definition) is 0. The Labute approximate surface area is 98.3 Å². The smallest absolute Gasteiger partial charge is 0.0655 e. The molecule has 2 rings (SSSR count). The Morgan fingerprint density at radius 1 is 0.562 bits per heavy atom. The average molecular weight is 216 g/mol. The molecule has 0 aliphatic heterocycles. The fraction of sp³-hybridized carbons (Fsp3) is 0.857. The van der Waals surface area contributed by atoms with E-state index in [2.05, 4.69) is 12.1 Å². The van der Waals surface area contributed by atoms with Gasteiger partial charge in [0.25, 0.3) is 0 Å². The maximum Gasteiger partial charge on any atom is 0.0655 e. The molecule has 0 N–H and O–H groups in total. The molecule has 0 spiro atoms. The van der Waals surface area contributed by atoms with Gasteiger partial charge in [-0.2, -0.15) is 10.5 Å². The molecule has 2 heteroatoms. The summed E-state index contributed by atoms with van der Waals surface area (Å²) >= 11 is 0. The van der Waals surface area contributed by atoms with E-state index in [0.29, 0.717) is 11.8 Å². The van der Waals surface area contributed by atoms with Gasteiger partial charge in [-0.05, 0) is 63.2 Å². The Balaban J connectivity index is 1.79. The lowest BCUT2D eigenvalue weighted by Gasteiger charge is -2.35. The molecule has 2 nitrogen and oxygen atoms in total. The van der Waals surface area contributed by atoms with E-state index in [1.165, 1.54) is 25.7 Å². The molecule has 0 amide bonds. The van der Waals surface area contributed by atoms with Crippen LogP contribution in [0.25, 0.3) is 0 Å². The first kappa shape index (κ1) is 11.5. The lowest BCUT2D eigenvalue weighted by atomic mass is 9.69. The van der Waals surface area contributed by atoms with Crippen LogP contribution in [0.5, 0.6) is 0 Å². The summed E-state index contributed by atoms with van der Waals surface area (Å²) < 4.78 is 0. The highest BCUT2D eigenvalue weighted by Crippen LogP contribution is 2.40. The lowest BCUT2D eigenvalue weighted by Crippen LogP contribution is -2.25. The second kappa shape index (κ2) is 5.35. The highest BCUT2D eigenvalue weighted by atomic mass is 14.4. The van der Waals surface area contributed by atoms with Crippen molar-refractivity contribution >= 4 is 0 Å². The topological polar surface area (TPSA) is 47.6 Å². The summed E-state index contributed by atoms with van der Waals surface area (Å²) in [5, 5.41) is 17.7. The van der Waals surface area contributed by atoms with Gasteiger partial charge in [0.05, 0.1) is 12.1 Å². The zero-order chi connectivity index (χ0) is 11.4. The summed E-state index contributed by atoms with van der Waals surface area (Å²) in [6.07, 6.45) is 9.44. The third-order valence-corrected chi connectivity index (χ3v) is 4.58. The van der Waals surface area contributed by atoms with Gasteiger partial charge in [-0.1, -0.05) is 0 Å². The Bertz CT molecular complexity index is 262. The first-order chi connectivity index (χ1) is 7.83. The first-order valence-corrected chi connectivity index (χ1v) is 6.62. The minimum absolute atomic E-state index is 0.326. The Morgan fingerprint density at radius 3 is 1.12 bits per heavy atom. The zero-order valence-corrected chi connectivity index (χ0v) is 9.86. The van der Waals surface area contributed by atoms with E-state index in [0.717, 1.165) is 37.5 Å². The second-order valence-corrected chi connectivity index (χ2v) is 5.48. The predicted octanol–water partition coefficient (Wildman–Crippen LogP) is 3.65. The molecule has 2 aliphatic carbocycles. The number of hydrogen-bond acceptors (Lipinski definition) is 2. The molecule has 2 aliphatic rings. The predicted molar refractivity (Wildman–Crippen MR) is 62.1 cm³/mol. The van der Waals surface area contributed by atoms with Crippen molar-refractivity contribution in [3.8, 4) is 12.1 Å². The Morgan fingerprint density at radius 2 is 0.875 bits per heavy atom. The van der Waals surface area contributed by atoms with Gasteiger partial charge in [0.15, 0.2) is 0 Å². The third kappa shape index (κ3) is 2.56. The molecule has 16 heavy (non-hydrogen) atoms. The standard InChI is InChI=1S/C14H20N2/c15-9-11-1-5-13(6-2-11)14-7-3-12(10-16)4-8-14/h11-14H,1-8H2. The van der Waals surface area contributed by atoms with E-state index in [1.54, 1.807) is 0 Å². The highest BCUT2D eigenvalue weighted by molar-refractivity contribution is 4.92. The molecule has 86 valence electrons. The molecular weight excluding hydrogens is 196 g/mol. The van der Waals surface area contributed by atoms with Crippen molar-refractivity contribution in [3.63, 3.8) is 0 Å². The van der Waals surface area contributed by atoms with Crippen LogP contribution in [-0.2, 0) is 0 Å². The van der Waals surface area contributed by atoms with Crippen LogP contribution in [-0.4, -0.2) is 0 Å². The quantitative estimate of drug-likeness (QED) is 0.671. The molecule has 0 heterocycles. The molecule has 0 aromatic carbocycles. The van der Waals surface area contributed by atoms with Crippen LogP contribution in [0.4, 0.5) is 0 Å². The average Bonchev–Trinajstić information content (AvgIpc) is 2.39. The van der Waals surface area contributed by atoms with Gasteiger partial charge in [0.1, 0.15) is 0 Å². The van der Waals surface area contributed by atoms with Crippen molar-refractivity contribution in [2.45, 2.75) is 51.4 Å². The summed E-state index contributed by atoms with van der Waals surface area (Å²) in [4.78, 5) is 0. The van der Waals surface area contributed by atoms with E-state index in [9.17, 15) is 0 Å². The minimum atomic E-state index is 0.326. The lowest BCUT2D eigenvalue weighted by molar-refractivity contribution is 0.169. The summed E-state index contributed by atoms with van der Waals surface area (Å²) in [5.41, 5.74) is 0. The second-order valence-electron chi connectivity index (χ2n) is 5.48. The fourth-order valence-corrected chi connectivity index (χ4v) is 3.44. The van der Waals surface area contributed by atoms with Gasteiger partial charge in [-0.15, -0.1) is 0 Å². The van der Waals surface area contributed by atoms with Gasteiger partial charge in [0.2, 0.25) is 0 Å². The summed E-state index contributed by atoms with van der Waals surface area (Å²) in [6.45, 7) is 0. The van der Waals surface area contributed by atoms with E-state index in [1.807, 2.05) is 0 Å². The highest BCUT2D eigenvalue weighted by Gasteiger charge is 2.30. The fourth-order valence-electron chi connectivity index (χ4n) is 3.44. The normalized spacial score (nSPS) is 39.6. The van der Waals surface area contributed by atoms with Crippen LogP contribution >= 0.6 is 0 Å². The van der Waals surface area contributed by atoms with Gasteiger partial charge in [-0.25, -0.2) is 0 Å². The molecule has 0 unspecified atom stereocenters. The molecule has 2 saturated carbocycles. The third-order valence-electron chi connectivity index (χ3n) is 4.58. The number of nitriles is 2. The minimum Gasteiger partial charge on any atom is -0.198 e. The molecule has 0 aromatic heterocycles. The van der Waals surface area contributed by atoms with Crippen LogP contribution in [0.2, 0.25) is 0 Å².